The van der Waals surface area contributed by atoms with Crippen molar-refractivity contribution in [1.29, 1.82) is 0 Å². The van der Waals surface area contributed by atoms with Gasteiger partial charge < -0.3 is 5.32 Å². The second kappa shape index (κ2) is 17.5. The van der Waals surface area contributed by atoms with Crippen molar-refractivity contribution in [2.45, 2.75) is 75.9 Å². The average molecular weight is 771 g/mol. The van der Waals surface area contributed by atoms with E-state index in [4.69, 9.17) is 13.6 Å². The van der Waals surface area contributed by atoms with Crippen molar-refractivity contribution in [3.8, 4) is 0 Å². The van der Waals surface area contributed by atoms with Crippen LogP contribution in [0.15, 0.2) is 139 Å². The molecule has 0 heterocycles. The zero-order valence-corrected chi connectivity index (χ0v) is 31.7. The fourth-order valence-corrected chi connectivity index (χ4v) is 9.33. The van der Waals surface area contributed by atoms with Gasteiger partial charge in [-0.3, -0.25) is 23.4 Å². The first-order valence-electron chi connectivity index (χ1n) is 18.5. The minimum Gasteiger partial charge on any atom is -0.323 e. The van der Waals surface area contributed by atoms with Crippen LogP contribution in [0.5, 0.6) is 0 Å². The van der Waals surface area contributed by atoms with Crippen molar-refractivity contribution in [2.75, 3.05) is 6.54 Å². The zero-order chi connectivity index (χ0) is 38.9. The number of phosphoric ester groups is 1. The van der Waals surface area contributed by atoms with Gasteiger partial charge in [0.2, 0.25) is 0 Å². The highest BCUT2D eigenvalue weighted by Gasteiger charge is 2.65. The fourth-order valence-electron chi connectivity index (χ4n) is 7.84. The normalized spacial score (nSPS) is 21.3. The number of phosphoric acid groups is 1. The van der Waals surface area contributed by atoms with E-state index >= 15 is 13.2 Å². The number of nitrogens with one attached hydrogen (secondary N) is 1. The lowest BCUT2D eigenvalue weighted by atomic mass is 9.52. The molecular formula is C44H46F3N2O5P. The predicted octanol–water partition coefficient (Wildman–Crippen LogP) is 10.7. The Labute approximate surface area is 321 Å². The van der Waals surface area contributed by atoms with Crippen LogP contribution < -0.4 is 5.32 Å². The number of alkyl halides is 3. The Kier molecular flexibility index (Phi) is 12.7. The SMILES string of the molecule is C=C(/C=C\C=NCC)NC(=O)c1ccc2c(c1)CC[C@@H]1C[C@@](OP(=O)(OCc3ccccc3)OCc3ccccc3)(C(F)(F)F)CCC21Cc1ccccc1. The van der Waals surface area contributed by atoms with Gasteiger partial charge in [0.05, 0.1) is 13.2 Å². The average Bonchev–Trinajstić information content (AvgIpc) is 3.19. The number of halogens is 3. The molecule has 0 saturated heterocycles. The fraction of sp³-hybridized carbons (Fsp3) is 0.318. The molecule has 1 N–H and O–H groups in total. The van der Waals surface area contributed by atoms with Gasteiger partial charge >= 0.3 is 14.0 Å². The lowest BCUT2D eigenvalue weighted by Gasteiger charge is -2.54. The number of hydrogen-bond acceptors (Lipinski definition) is 6. The van der Waals surface area contributed by atoms with E-state index in [1.54, 1.807) is 85.1 Å². The number of allylic oxidation sites excluding steroid dienone is 2. The van der Waals surface area contributed by atoms with E-state index in [1.165, 1.54) is 0 Å². The molecule has 0 spiro atoms. The van der Waals surface area contributed by atoms with Crippen molar-refractivity contribution in [2.24, 2.45) is 10.9 Å². The molecule has 1 saturated carbocycles. The van der Waals surface area contributed by atoms with E-state index in [2.05, 4.69) is 16.9 Å². The first kappa shape index (κ1) is 40.1. The molecule has 7 nitrogen and oxygen atoms in total. The number of rotatable bonds is 15. The maximum atomic E-state index is 15.6. The van der Waals surface area contributed by atoms with Crippen LogP contribution in [0.2, 0.25) is 0 Å². The number of aryl methyl sites for hydroxylation is 1. The van der Waals surface area contributed by atoms with Crippen molar-refractivity contribution in [3.05, 3.63) is 167 Å². The van der Waals surface area contributed by atoms with Gasteiger partial charge in [0, 0.05) is 29.4 Å². The minimum absolute atomic E-state index is 0.0862. The van der Waals surface area contributed by atoms with Crippen LogP contribution in [0.4, 0.5) is 13.2 Å². The molecule has 1 unspecified atom stereocenters. The Bertz CT molecular complexity index is 1990. The Balaban J connectivity index is 1.32. The van der Waals surface area contributed by atoms with E-state index in [-0.39, 0.29) is 25.5 Å². The number of amides is 1. The standard InChI is InChI=1S/C44H46F3N2O5P/c1-3-48-27-13-14-33(2)49-41(50)38-22-24-40-37(28-38)21-23-39-30-43(44(45,46)47,26-25-42(39,40)29-34-15-7-4-8-16-34)54-55(51,52-31-35-17-9-5-10-18-35)53-32-36-19-11-6-12-20-36/h4-20,22,24,27-28,39H,2-3,21,23,25-26,29-32H2,1H3,(H,49,50)/b14-13-,48-27?/t39-,42?,43-/m1/s1. The second-order valence-corrected chi connectivity index (χ2v) is 15.8. The van der Waals surface area contributed by atoms with Gasteiger partial charge in [-0.2, -0.15) is 13.2 Å². The molecule has 2 aliphatic rings. The number of carbonyl (C=O) groups excluding carboxylic acids is 1. The summed E-state index contributed by atoms with van der Waals surface area (Å²) in [5.74, 6) is -0.847. The molecule has 1 fully saturated rings. The third-order valence-corrected chi connectivity index (χ3v) is 12.0. The van der Waals surface area contributed by atoms with Crippen LogP contribution in [0.1, 0.15) is 70.8 Å². The first-order valence-corrected chi connectivity index (χ1v) is 20.0. The molecule has 2 aliphatic carbocycles. The topological polar surface area (TPSA) is 86.2 Å². The van der Waals surface area contributed by atoms with Crippen LogP contribution in [0.25, 0.3) is 0 Å². The zero-order valence-electron chi connectivity index (χ0n) is 30.8. The molecule has 4 aromatic carbocycles. The number of nitrogens with zero attached hydrogens (tertiary/aromatic N) is 1. The van der Waals surface area contributed by atoms with Crippen LogP contribution in [-0.4, -0.2) is 30.4 Å². The lowest BCUT2D eigenvalue weighted by molar-refractivity contribution is -0.274. The van der Waals surface area contributed by atoms with Crippen molar-refractivity contribution < 1.29 is 36.1 Å². The van der Waals surface area contributed by atoms with Gasteiger partial charge in [0.25, 0.3) is 5.91 Å². The molecule has 0 aromatic heterocycles. The number of carbonyl (C=O) groups is 1. The van der Waals surface area contributed by atoms with E-state index in [0.29, 0.717) is 48.2 Å². The maximum Gasteiger partial charge on any atom is 0.476 e. The van der Waals surface area contributed by atoms with Gasteiger partial charge in [0.15, 0.2) is 5.60 Å². The summed E-state index contributed by atoms with van der Waals surface area (Å²) >= 11 is 0. The summed E-state index contributed by atoms with van der Waals surface area (Å²) in [6, 6.07) is 32.7. The van der Waals surface area contributed by atoms with E-state index in [1.807, 2.05) is 49.4 Å². The highest BCUT2D eigenvalue weighted by atomic mass is 31.2. The van der Waals surface area contributed by atoms with Gasteiger partial charge in [-0.15, -0.1) is 0 Å². The summed E-state index contributed by atoms with van der Waals surface area (Å²) in [4.78, 5) is 17.4. The van der Waals surface area contributed by atoms with Gasteiger partial charge in [-0.05, 0) is 103 Å². The summed E-state index contributed by atoms with van der Waals surface area (Å²) < 4.78 is 78.6. The lowest BCUT2D eigenvalue weighted by Crippen LogP contribution is -2.57. The van der Waals surface area contributed by atoms with Crippen molar-refractivity contribution >= 4 is 19.9 Å². The van der Waals surface area contributed by atoms with Crippen LogP contribution in [-0.2, 0) is 49.6 Å². The molecule has 11 heteroatoms. The molecule has 288 valence electrons. The van der Waals surface area contributed by atoms with Gasteiger partial charge in [0.1, 0.15) is 0 Å². The Hall–Kier alpha value is -4.60. The Morgan fingerprint density at radius 1 is 0.909 bits per heavy atom. The van der Waals surface area contributed by atoms with Crippen LogP contribution in [0, 0.1) is 5.92 Å². The van der Waals surface area contributed by atoms with E-state index < -0.39 is 43.8 Å². The smallest absolute Gasteiger partial charge is 0.323 e. The molecule has 0 bridgehead atoms. The van der Waals surface area contributed by atoms with Crippen LogP contribution in [0.3, 0.4) is 0 Å². The van der Waals surface area contributed by atoms with E-state index in [0.717, 1.165) is 16.7 Å². The van der Waals surface area contributed by atoms with Gasteiger partial charge in [-0.1, -0.05) is 104 Å². The van der Waals surface area contributed by atoms with Crippen LogP contribution >= 0.6 is 7.82 Å². The first-order chi connectivity index (χ1) is 26.4. The summed E-state index contributed by atoms with van der Waals surface area (Å²) in [7, 11) is -4.81. The number of hydrogen-bond donors (Lipinski definition) is 1. The summed E-state index contributed by atoms with van der Waals surface area (Å²) in [5, 5.41) is 2.80. The summed E-state index contributed by atoms with van der Waals surface area (Å²) in [6.45, 7) is 5.94. The molecule has 6 rings (SSSR count). The quantitative estimate of drug-likeness (QED) is 0.0739. The highest BCUT2D eigenvalue weighted by molar-refractivity contribution is 7.48. The molecular weight excluding hydrogens is 724 g/mol. The Morgan fingerprint density at radius 2 is 1.51 bits per heavy atom. The summed E-state index contributed by atoms with van der Waals surface area (Å²) in [6.07, 6.45) is 0.611. The Morgan fingerprint density at radius 3 is 2.09 bits per heavy atom. The third kappa shape index (κ3) is 9.62. The molecule has 0 radical (unpaired) electrons. The molecule has 3 atom stereocenters. The molecule has 1 amide bonds. The number of benzene rings is 4. The molecule has 55 heavy (non-hydrogen) atoms. The largest absolute Gasteiger partial charge is 0.476 e. The van der Waals surface area contributed by atoms with Crippen molar-refractivity contribution in [3.63, 3.8) is 0 Å². The second-order valence-electron chi connectivity index (χ2n) is 14.2. The van der Waals surface area contributed by atoms with Crippen molar-refractivity contribution in [1.82, 2.24) is 5.32 Å². The minimum atomic E-state index is -4.89. The highest BCUT2D eigenvalue weighted by Crippen LogP contribution is 2.64. The summed E-state index contributed by atoms with van der Waals surface area (Å²) in [5.41, 5.74) is 1.36. The van der Waals surface area contributed by atoms with E-state index in [9.17, 15) is 9.36 Å². The molecule has 4 aromatic rings. The number of fused-ring (bicyclic) bond motifs is 3. The maximum absolute atomic E-state index is 15.6. The molecule has 0 aliphatic heterocycles. The van der Waals surface area contributed by atoms with Gasteiger partial charge in [-0.25, -0.2) is 4.57 Å². The predicted molar refractivity (Wildman–Crippen MR) is 209 cm³/mol. The third-order valence-electron chi connectivity index (χ3n) is 10.6. The number of aliphatic imine (C=N–C) groups is 1. The monoisotopic (exact) mass is 770 g/mol.